The van der Waals surface area contributed by atoms with E-state index >= 15 is 0 Å². The van der Waals surface area contributed by atoms with Crippen molar-refractivity contribution in [1.82, 2.24) is 0 Å². The fourth-order valence-electron chi connectivity index (χ4n) is 1.48. The quantitative estimate of drug-likeness (QED) is 0.936. The number of rotatable bonds is 4. The third-order valence-electron chi connectivity index (χ3n) is 2.39. The highest BCUT2D eigenvalue weighted by Gasteiger charge is 2.12. The number of halogens is 1. The predicted molar refractivity (Wildman–Crippen MR) is 71.8 cm³/mol. The van der Waals surface area contributed by atoms with Crippen LogP contribution in [0.4, 0.5) is 0 Å². The molecule has 0 spiro atoms. The molecule has 0 radical (unpaired) electrons. The van der Waals surface area contributed by atoms with Crippen molar-refractivity contribution in [1.29, 1.82) is 5.26 Å². The largest absolute Gasteiger partial charge is 0.487 e. The number of aromatic carboxylic acids is 1. The molecule has 0 unspecified atom stereocenters. The summed E-state index contributed by atoms with van der Waals surface area (Å²) in [6, 6.07) is 8.36. The van der Waals surface area contributed by atoms with Gasteiger partial charge in [-0.15, -0.1) is 11.3 Å². The second-order valence-corrected chi connectivity index (χ2v) is 4.95. The maximum absolute atomic E-state index is 10.9. The van der Waals surface area contributed by atoms with Gasteiger partial charge in [-0.25, -0.2) is 4.79 Å². The van der Waals surface area contributed by atoms with E-state index in [0.29, 0.717) is 21.9 Å². The van der Waals surface area contributed by atoms with E-state index in [1.54, 1.807) is 23.6 Å². The van der Waals surface area contributed by atoms with Gasteiger partial charge in [0.15, 0.2) is 0 Å². The van der Waals surface area contributed by atoms with Gasteiger partial charge < -0.3 is 9.84 Å². The van der Waals surface area contributed by atoms with Gasteiger partial charge in [-0.3, -0.25) is 0 Å². The van der Waals surface area contributed by atoms with Gasteiger partial charge in [-0.2, -0.15) is 5.26 Å². The van der Waals surface area contributed by atoms with Crippen molar-refractivity contribution < 1.29 is 14.6 Å². The zero-order valence-electron chi connectivity index (χ0n) is 9.59. The molecule has 0 saturated carbocycles. The standard InChI is InChI=1S/C13H8ClNO3S/c14-10-5-8(6-15)1-2-11(10)18-7-9-3-4-19-12(9)13(16)17/h1-5H,7H2,(H,16,17). The summed E-state index contributed by atoms with van der Waals surface area (Å²) in [5, 5.41) is 19.7. The third kappa shape index (κ3) is 3.05. The van der Waals surface area contributed by atoms with E-state index < -0.39 is 5.97 Å². The van der Waals surface area contributed by atoms with Crippen molar-refractivity contribution in [3.05, 3.63) is 50.7 Å². The average molecular weight is 294 g/mol. The monoisotopic (exact) mass is 293 g/mol. The molecule has 1 aromatic carbocycles. The zero-order valence-corrected chi connectivity index (χ0v) is 11.2. The van der Waals surface area contributed by atoms with Crippen molar-refractivity contribution >= 4 is 28.9 Å². The van der Waals surface area contributed by atoms with Crippen LogP contribution in [-0.2, 0) is 6.61 Å². The number of benzene rings is 1. The lowest BCUT2D eigenvalue weighted by Crippen LogP contribution is -2.02. The first-order valence-corrected chi connectivity index (χ1v) is 6.49. The van der Waals surface area contributed by atoms with Crippen molar-refractivity contribution in [2.45, 2.75) is 6.61 Å². The molecule has 0 aliphatic rings. The molecule has 0 aliphatic heterocycles. The highest BCUT2D eigenvalue weighted by atomic mass is 35.5. The Labute approximate surface area is 118 Å². The minimum Gasteiger partial charge on any atom is -0.487 e. The van der Waals surface area contributed by atoms with Crippen LogP contribution in [0.25, 0.3) is 0 Å². The number of carbonyl (C=O) groups is 1. The fraction of sp³-hybridized carbons (Fsp3) is 0.0769. The van der Waals surface area contributed by atoms with Gasteiger partial charge in [-0.1, -0.05) is 11.6 Å². The van der Waals surface area contributed by atoms with Crippen LogP contribution in [0.1, 0.15) is 20.8 Å². The average Bonchev–Trinajstić information content (AvgIpc) is 2.85. The van der Waals surface area contributed by atoms with Crippen molar-refractivity contribution in [3.8, 4) is 11.8 Å². The number of carboxylic acids is 1. The molecule has 0 amide bonds. The Bertz CT molecular complexity index is 660. The van der Waals surface area contributed by atoms with E-state index in [2.05, 4.69) is 0 Å². The van der Waals surface area contributed by atoms with E-state index in [0.717, 1.165) is 11.3 Å². The lowest BCUT2D eigenvalue weighted by molar-refractivity contribution is 0.0699. The van der Waals surface area contributed by atoms with Gasteiger partial charge in [0.1, 0.15) is 17.2 Å². The Kier molecular flexibility index (Phi) is 4.05. The van der Waals surface area contributed by atoms with E-state index in [-0.39, 0.29) is 11.5 Å². The van der Waals surface area contributed by atoms with E-state index in [4.69, 9.17) is 26.7 Å². The number of nitriles is 1. The number of nitrogens with zero attached hydrogens (tertiary/aromatic N) is 1. The number of carboxylic acid groups (broad SMARTS) is 1. The number of ether oxygens (including phenoxy) is 1. The number of hydrogen-bond donors (Lipinski definition) is 1. The maximum Gasteiger partial charge on any atom is 0.346 e. The smallest absolute Gasteiger partial charge is 0.346 e. The molecule has 0 atom stereocenters. The van der Waals surface area contributed by atoms with Gasteiger partial charge in [0.05, 0.1) is 16.7 Å². The van der Waals surface area contributed by atoms with Crippen molar-refractivity contribution in [3.63, 3.8) is 0 Å². The summed E-state index contributed by atoms with van der Waals surface area (Å²) in [6.45, 7) is 0.122. The molecular formula is C13H8ClNO3S. The third-order valence-corrected chi connectivity index (χ3v) is 3.63. The Morgan fingerprint density at radius 3 is 2.89 bits per heavy atom. The van der Waals surface area contributed by atoms with Crippen LogP contribution in [0, 0.1) is 11.3 Å². The van der Waals surface area contributed by atoms with Crippen LogP contribution >= 0.6 is 22.9 Å². The highest BCUT2D eigenvalue weighted by molar-refractivity contribution is 7.12. The van der Waals surface area contributed by atoms with E-state index in [1.165, 1.54) is 6.07 Å². The normalized spacial score (nSPS) is 9.89. The molecular weight excluding hydrogens is 286 g/mol. The van der Waals surface area contributed by atoms with Crippen LogP contribution in [0.5, 0.6) is 5.75 Å². The van der Waals surface area contributed by atoms with Gasteiger partial charge in [0.2, 0.25) is 0 Å². The summed E-state index contributed by atoms with van der Waals surface area (Å²) < 4.78 is 5.47. The highest BCUT2D eigenvalue weighted by Crippen LogP contribution is 2.27. The summed E-state index contributed by atoms with van der Waals surface area (Å²) >= 11 is 7.11. The zero-order chi connectivity index (χ0) is 13.8. The number of hydrogen-bond acceptors (Lipinski definition) is 4. The Morgan fingerprint density at radius 2 is 2.26 bits per heavy atom. The molecule has 96 valence electrons. The SMILES string of the molecule is N#Cc1ccc(OCc2ccsc2C(=O)O)c(Cl)c1. The Morgan fingerprint density at radius 1 is 1.47 bits per heavy atom. The lowest BCUT2D eigenvalue weighted by Gasteiger charge is -2.07. The van der Waals surface area contributed by atoms with Crippen LogP contribution < -0.4 is 4.74 Å². The maximum atomic E-state index is 10.9. The molecule has 4 nitrogen and oxygen atoms in total. The number of thiophene rings is 1. The van der Waals surface area contributed by atoms with Gasteiger partial charge in [0.25, 0.3) is 0 Å². The molecule has 2 aromatic rings. The molecule has 1 N–H and O–H groups in total. The van der Waals surface area contributed by atoms with E-state index in [9.17, 15) is 4.79 Å². The second-order valence-electron chi connectivity index (χ2n) is 3.63. The fourth-order valence-corrected chi connectivity index (χ4v) is 2.46. The van der Waals surface area contributed by atoms with Crippen LogP contribution in [-0.4, -0.2) is 11.1 Å². The molecule has 2 rings (SSSR count). The molecule has 0 bridgehead atoms. The van der Waals surface area contributed by atoms with Gasteiger partial charge in [0, 0.05) is 5.56 Å². The Balaban J connectivity index is 2.13. The second kappa shape index (κ2) is 5.74. The molecule has 1 heterocycles. The van der Waals surface area contributed by atoms with Crippen LogP contribution in [0.2, 0.25) is 5.02 Å². The molecule has 6 heteroatoms. The first-order chi connectivity index (χ1) is 9.11. The minimum atomic E-state index is -0.973. The summed E-state index contributed by atoms with van der Waals surface area (Å²) in [5.74, 6) is -0.553. The first kappa shape index (κ1) is 13.4. The summed E-state index contributed by atoms with van der Waals surface area (Å²) in [4.78, 5) is 11.2. The lowest BCUT2D eigenvalue weighted by atomic mass is 10.2. The van der Waals surface area contributed by atoms with Crippen molar-refractivity contribution in [2.75, 3.05) is 0 Å². The van der Waals surface area contributed by atoms with Gasteiger partial charge >= 0.3 is 5.97 Å². The van der Waals surface area contributed by atoms with Crippen LogP contribution in [0.3, 0.4) is 0 Å². The molecule has 19 heavy (non-hydrogen) atoms. The summed E-state index contributed by atoms with van der Waals surface area (Å²) in [5.41, 5.74) is 1.04. The van der Waals surface area contributed by atoms with Crippen molar-refractivity contribution in [2.24, 2.45) is 0 Å². The predicted octanol–water partition coefficient (Wildman–Crippen LogP) is 3.55. The minimum absolute atomic E-state index is 0.122. The topological polar surface area (TPSA) is 70.3 Å². The molecule has 1 aromatic heterocycles. The first-order valence-electron chi connectivity index (χ1n) is 5.24. The molecule has 0 saturated heterocycles. The van der Waals surface area contributed by atoms with Crippen LogP contribution in [0.15, 0.2) is 29.6 Å². The van der Waals surface area contributed by atoms with Gasteiger partial charge in [-0.05, 0) is 29.6 Å². The molecule has 0 aliphatic carbocycles. The van der Waals surface area contributed by atoms with E-state index in [1.807, 2.05) is 6.07 Å². The summed E-state index contributed by atoms with van der Waals surface area (Å²) in [6.07, 6.45) is 0. The Hall–Kier alpha value is -2.03. The molecule has 0 fully saturated rings. The summed E-state index contributed by atoms with van der Waals surface area (Å²) in [7, 11) is 0.